The second kappa shape index (κ2) is 6.96. The van der Waals surface area contributed by atoms with Gasteiger partial charge in [0.15, 0.2) is 11.6 Å². The zero-order valence-corrected chi connectivity index (χ0v) is 15.0. The Morgan fingerprint density at radius 1 is 1.36 bits per heavy atom. The van der Waals surface area contributed by atoms with Crippen LogP contribution in [0.3, 0.4) is 0 Å². The van der Waals surface area contributed by atoms with Crippen LogP contribution in [0.25, 0.3) is 0 Å². The van der Waals surface area contributed by atoms with Crippen molar-refractivity contribution in [3.05, 3.63) is 29.7 Å². The second-order valence-electron chi connectivity index (χ2n) is 5.86. The Balaban J connectivity index is 1.74. The van der Waals surface area contributed by atoms with Gasteiger partial charge >= 0.3 is 0 Å². The number of hydrogen-bond acceptors (Lipinski definition) is 6. The Labute approximate surface area is 146 Å². The van der Waals surface area contributed by atoms with E-state index in [1.807, 2.05) is 6.92 Å². The van der Waals surface area contributed by atoms with Gasteiger partial charge in [-0.3, -0.25) is 4.79 Å². The lowest BCUT2D eigenvalue weighted by Crippen LogP contribution is -2.28. The summed E-state index contributed by atoms with van der Waals surface area (Å²) in [7, 11) is -3.62. The summed E-state index contributed by atoms with van der Waals surface area (Å²) in [6.45, 7) is 5.37. The van der Waals surface area contributed by atoms with Crippen molar-refractivity contribution < 1.29 is 17.6 Å². The lowest BCUT2D eigenvalue weighted by molar-refractivity contribution is 0.0920. The van der Waals surface area contributed by atoms with Crippen LogP contribution in [0.2, 0.25) is 0 Å². The topological polar surface area (TPSA) is 110 Å². The number of carbonyl (C=O) groups is 1. The molecule has 136 valence electrons. The van der Waals surface area contributed by atoms with Crippen molar-refractivity contribution in [2.75, 3.05) is 13.1 Å². The molecule has 1 saturated heterocycles. The molecule has 1 aliphatic heterocycles. The van der Waals surface area contributed by atoms with E-state index in [1.165, 1.54) is 10.4 Å². The Morgan fingerprint density at radius 3 is 2.76 bits per heavy atom. The number of aryl methyl sites for hydroxylation is 2. The first-order valence-corrected chi connectivity index (χ1v) is 9.63. The SMILES string of the molecule is CCn1cnnc1CNC(=O)c1cc(S(=O)(=O)N2CCCC2)c(C)o1. The fourth-order valence-electron chi connectivity index (χ4n) is 2.83. The average Bonchev–Trinajstić information content (AvgIpc) is 3.32. The molecule has 0 spiro atoms. The van der Waals surface area contributed by atoms with Crippen LogP contribution in [-0.4, -0.2) is 46.5 Å². The quantitative estimate of drug-likeness (QED) is 0.813. The lowest BCUT2D eigenvalue weighted by atomic mass is 10.4. The highest BCUT2D eigenvalue weighted by atomic mass is 32.2. The van der Waals surface area contributed by atoms with Gasteiger partial charge in [0.25, 0.3) is 5.91 Å². The van der Waals surface area contributed by atoms with E-state index in [4.69, 9.17) is 4.42 Å². The second-order valence-corrected chi connectivity index (χ2v) is 7.76. The fraction of sp³-hybridized carbons (Fsp3) is 0.533. The third-order valence-electron chi connectivity index (χ3n) is 4.22. The summed E-state index contributed by atoms with van der Waals surface area (Å²) in [5, 5.41) is 10.4. The molecule has 0 atom stereocenters. The minimum Gasteiger partial charge on any atom is -0.455 e. The van der Waals surface area contributed by atoms with Gasteiger partial charge in [0, 0.05) is 25.7 Å². The molecule has 1 N–H and O–H groups in total. The van der Waals surface area contributed by atoms with Crippen LogP contribution < -0.4 is 5.32 Å². The summed E-state index contributed by atoms with van der Waals surface area (Å²) >= 11 is 0. The van der Waals surface area contributed by atoms with Gasteiger partial charge in [-0.05, 0) is 26.7 Å². The smallest absolute Gasteiger partial charge is 0.287 e. The molecule has 1 amide bonds. The van der Waals surface area contributed by atoms with Crippen molar-refractivity contribution in [2.45, 2.75) is 44.7 Å². The lowest BCUT2D eigenvalue weighted by Gasteiger charge is -2.14. The Morgan fingerprint density at radius 2 is 2.08 bits per heavy atom. The highest BCUT2D eigenvalue weighted by Crippen LogP contribution is 2.26. The fourth-order valence-corrected chi connectivity index (χ4v) is 4.51. The van der Waals surface area contributed by atoms with E-state index in [0.29, 0.717) is 25.5 Å². The van der Waals surface area contributed by atoms with Gasteiger partial charge in [-0.15, -0.1) is 10.2 Å². The Hall–Kier alpha value is -2.20. The van der Waals surface area contributed by atoms with Crippen molar-refractivity contribution >= 4 is 15.9 Å². The van der Waals surface area contributed by atoms with Gasteiger partial charge in [-0.25, -0.2) is 8.42 Å². The molecule has 2 aromatic rings. The minimum absolute atomic E-state index is 0.0298. The first-order valence-electron chi connectivity index (χ1n) is 8.19. The van der Waals surface area contributed by atoms with Crippen molar-refractivity contribution in [2.24, 2.45) is 0 Å². The molecule has 0 aromatic carbocycles. The van der Waals surface area contributed by atoms with Crippen molar-refractivity contribution in [3.63, 3.8) is 0 Å². The first-order chi connectivity index (χ1) is 11.9. The third kappa shape index (κ3) is 3.45. The zero-order chi connectivity index (χ0) is 18.0. The zero-order valence-electron chi connectivity index (χ0n) is 14.2. The molecular formula is C15H21N5O4S. The standard InChI is InChI=1S/C15H21N5O4S/c1-3-19-10-17-18-14(19)9-16-15(21)12-8-13(11(2)24-12)25(22,23)20-6-4-5-7-20/h8,10H,3-7,9H2,1-2H3,(H,16,21). The molecule has 25 heavy (non-hydrogen) atoms. The van der Waals surface area contributed by atoms with E-state index < -0.39 is 15.9 Å². The van der Waals surface area contributed by atoms with Gasteiger partial charge in [0.1, 0.15) is 17.0 Å². The highest BCUT2D eigenvalue weighted by Gasteiger charge is 2.31. The summed E-state index contributed by atoms with van der Waals surface area (Å²) in [5.74, 6) is 0.312. The van der Waals surface area contributed by atoms with E-state index >= 15 is 0 Å². The predicted molar refractivity (Wildman–Crippen MR) is 88.3 cm³/mol. The third-order valence-corrected chi connectivity index (χ3v) is 6.23. The van der Waals surface area contributed by atoms with E-state index in [9.17, 15) is 13.2 Å². The maximum Gasteiger partial charge on any atom is 0.287 e. The normalized spacial score (nSPS) is 15.6. The number of furan rings is 1. The molecule has 0 saturated carbocycles. The summed E-state index contributed by atoms with van der Waals surface area (Å²) in [4.78, 5) is 12.3. The molecule has 0 bridgehead atoms. The van der Waals surface area contributed by atoms with E-state index in [2.05, 4.69) is 15.5 Å². The first kappa shape index (κ1) is 17.6. The number of rotatable bonds is 6. The number of carbonyl (C=O) groups excluding carboxylic acids is 1. The maximum atomic E-state index is 12.6. The van der Waals surface area contributed by atoms with Crippen molar-refractivity contribution in [1.29, 1.82) is 0 Å². The summed E-state index contributed by atoms with van der Waals surface area (Å²) in [5.41, 5.74) is 0. The van der Waals surface area contributed by atoms with Gasteiger partial charge in [0.05, 0.1) is 6.54 Å². The monoisotopic (exact) mass is 367 g/mol. The number of nitrogens with one attached hydrogen (secondary N) is 1. The van der Waals surface area contributed by atoms with Crippen molar-refractivity contribution in [3.8, 4) is 0 Å². The van der Waals surface area contributed by atoms with Crippen LogP contribution in [0.1, 0.15) is 41.9 Å². The number of sulfonamides is 1. The van der Waals surface area contributed by atoms with Crippen LogP contribution in [0.4, 0.5) is 0 Å². The summed E-state index contributed by atoms with van der Waals surface area (Å²) in [6, 6.07) is 1.29. The Kier molecular flexibility index (Phi) is 4.91. The number of aromatic nitrogens is 3. The van der Waals surface area contributed by atoms with E-state index in [-0.39, 0.29) is 23.0 Å². The van der Waals surface area contributed by atoms with Gasteiger partial charge in [0.2, 0.25) is 10.0 Å². The number of nitrogens with zero attached hydrogens (tertiary/aromatic N) is 4. The maximum absolute atomic E-state index is 12.6. The van der Waals surface area contributed by atoms with Crippen LogP contribution in [0, 0.1) is 6.92 Å². The molecule has 3 heterocycles. The molecule has 3 rings (SSSR count). The predicted octanol–water partition coefficient (Wildman–Crippen LogP) is 0.914. The molecule has 0 unspecified atom stereocenters. The molecule has 9 nitrogen and oxygen atoms in total. The van der Waals surface area contributed by atoms with Gasteiger partial charge in [-0.1, -0.05) is 0 Å². The highest BCUT2D eigenvalue weighted by molar-refractivity contribution is 7.89. The van der Waals surface area contributed by atoms with Gasteiger partial charge in [-0.2, -0.15) is 4.31 Å². The van der Waals surface area contributed by atoms with E-state index in [0.717, 1.165) is 12.8 Å². The van der Waals surface area contributed by atoms with Crippen LogP contribution in [-0.2, 0) is 23.1 Å². The summed E-state index contributed by atoms with van der Waals surface area (Å²) < 4.78 is 33.9. The molecule has 0 radical (unpaired) electrons. The number of hydrogen-bond donors (Lipinski definition) is 1. The van der Waals surface area contributed by atoms with Crippen LogP contribution >= 0.6 is 0 Å². The van der Waals surface area contributed by atoms with Gasteiger partial charge < -0.3 is 14.3 Å². The number of amides is 1. The molecule has 0 aliphatic carbocycles. The summed E-state index contributed by atoms with van der Waals surface area (Å²) in [6.07, 6.45) is 3.28. The van der Waals surface area contributed by atoms with Crippen LogP contribution in [0.5, 0.6) is 0 Å². The Bertz CT molecular complexity index is 864. The average molecular weight is 367 g/mol. The van der Waals surface area contributed by atoms with E-state index in [1.54, 1.807) is 17.8 Å². The minimum atomic E-state index is -3.62. The molecular weight excluding hydrogens is 346 g/mol. The molecule has 1 aliphatic rings. The largest absolute Gasteiger partial charge is 0.455 e. The molecule has 1 fully saturated rings. The molecule has 10 heteroatoms. The van der Waals surface area contributed by atoms with Crippen LogP contribution in [0.15, 0.2) is 21.7 Å². The van der Waals surface area contributed by atoms with Crippen molar-refractivity contribution in [1.82, 2.24) is 24.4 Å². The molecule has 2 aromatic heterocycles.